The molecule has 42 nitrogen and oxygen atoms in total. The van der Waals surface area contributed by atoms with Gasteiger partial charge < -0.3 is 118 Å². The number of likely N-dealkylation sites (N-methyl/N-ethyl adjacent to an activating group) is 3. The number of hydrogen-bond donors (Lipinski definition) is 21. The second-order valence-corrected chi connectivity index (χ2v) is 29.2. The Balaban J connectivity index is 0.000000274. The van der Waals surface area contributed by atoms with Crippen LogP contribution in [-0.4, -0.2) is 254 Å². The maximum absolute atomic E-state index is 13.7. The van der Waals surface area contributed by atoms with Gasteiger partial charge in [-0.3, -0.25) is 57.9 Å². The topological polar surface area (TPSA) is 789 Å². The molecule has 0 spiro atoms. The maximum Gasteiger partial charge on any atom is 1.00 e. The first-order chi connectivity index (χ1) is 51.5. The molecule has 606 valence electrons. The molecular formula is C66H75N6NaO36P4. The first-order valence-corrected chi connectivity index (χ1v) is 36.8. The fourth-order valence-corrected chi connectivity index (χ4v) is 16.7. The molecule has 3 unspecified atom stereocenters. The van der Waals surface area contributed by atoms with Gasteiger partial charge in [-0.15, -0.1) is 0 Å². The second-order valence-electron chi connectivity index (χ2n) is 27.3. The van der Waals surface area contributed by atoms with E-state index >= 15 is 0 Å². The van der Waals surface area contributed by atoms with Crippen LogP contribution in [0.25, 0.3) is 17.3 Å². The van der Waals surface area contributed by atoms with E-state index in [-0.39, 0.29) is 63.5 Å². The molecular weight excluding hydrogens is 1600 g/mol. The van der Waals surface area contributed by atoms with Gasteiger partial charge in [-0.2, -0.15) is 14.7 Å². The Hall–Kier alpha value is -8.55. The molecule has 3 aromatic rings. The number of carbonyl (C=O) groups excluding carboxylic acids is 9. The molecule has 0 heterocycles. The largest absolute Gasteiger partial charge is 1.00 e. The van der Waals surface area contributed by atoms with Crippen molar-refractivity contribution in [1.82, 2.24) is 14.7 Å². The van der Waals surface area contributed by atoms with Crippen LogP contribution in [0.1, 0.15) is 71.9 Å². The van der Waals surface area contributed by atoms with Gasteiger partial charge >= 0.3 is 54.3 Å². The molecule has 3 saturated carbocycles. The van der Waals surface area contributed by atoms with Gasteiger partial charge in [-0.05, 0) is 109 Å². The van der Waals surface area contributed by atoms with Crippen LogP contribution in [-0.2, 0) is 61.4 Å². The van der Waals surface area contributed by atoms with Crippen LogP contribution in [0.3, 0.4) is 0 Å². The summed E-state index contributed by atoms with van der Waals surface area (Å²) in [6.45, 7) is 5.03. The van der Waals surface area contributed by atoms with Crippen molar-refractivity contribution in [3.63, 3.8) is 0 Å². The smallest absolute Gasteiger partial charge is 0.598 e. The van der Waals surface area contributed by atoms with Gasteiger partial charge in [0, 0.05) is 34.5 Å². The Kier molecular flexibility index (Phi) is 30.0. The molecule has 3 fully saturated rings. The number of aliphatic hydroxyl groups excluding tert-OH is 9. The van der Waals surface area contributed by atoms with Crippen molar-refractivity contribution < 1.29 is 207 Å². The van der Waals surface area contributed by atoms with Crippen molar-refractivity contribution in [2.45, 2.75) is 91.8 Å². The predicted molar refractivity (Wildman–Crippen MR) is 368 cm³/mol. The number of ketones is 6. The zero-order valence-corrected chi connectivity index (χ0v) is 66.2. The van der Waals surface area contributed by atoms with Crippen LogP contribution in [0.2, 0.25) is 0 Å². The van der Waals surface area contributed by atoms with Crippen LogP contribution < -0.4 is 71.2 Å². The Bertz CT molecular complexity index is 4270. The number of phenolic OH excluding ortho intramolecular Hbond substituents is 3. The van der Waals surface area contributed by atoms with E-state index in [0.29, 0.717) is 16.7 Å². The molecule has 3 amide bonds. The van der Waals surface area contributed by atoms with E-state index in [2.05, 4.69) is 0 Å². The number of benzene rings is 3. The molecule has 113 heavy (non-hydrogen) atoms. The third kappa shape index (κ3) is 16.3. The van der Waals surface area contributed by atoms with Gasteiger partial charge in [-0.25, -0.2) is 0 Å². The summed E-state index contributed by atoms with van der Waals surface area (Å²) in [4.78, 5) is 184. The molecule has 47 heteroatoms. The average Bonchev–Trinajstić information content (AvgIpc) is 0.700. The van der Waals surface area contributed by atoms with Crippen molar-refractivity contribution in [1.29, 1.82) is 0 Å². The predicted octanol–water partition coefficient (Wildman–Crippen LogP) is -9.16. The number of Topliss-reactive ketones (excluding diaryl/α,β-unsaturated/α-hetero) is 6. The molecule has 0 bridgehead atoms. The van der Waals surface area contributed by atoms with Crippen molar-refractivity contribution >= 4 is 103 Å². The average molecular weight is 1680 g/mol. The Morgan fingerprint density at radius 2 is 0.575 bits per heavy atom. The molecule has 9 aliphatic carbocycles. The minimum absolute atomic E-state index is 0. The van der Waals surface area contributed by atoms with Crippen molar-refractivity contribution in [2.75, 3.05) is 42.3 Å². The summed E-state index contributed by atoms with van der Waals surface area (Å²) >= 11 is 0. The van der Waals surface area contributed by atoms with Gasteiger partial charge in [-0.1, -0.05) is 61.7 Å². The third-order valence-corrected chi connectivity index (χ3v) is 21.0. The van der Waals surface area contributed by atoms with Crippen molar-refractivity contribution in [3.05, 3.63) is 139 Å². The molecule has 9 aliphatic rings. The summed E-state index contributed by atoms with van der Waals surface area (Å²) in [7, 11) is -3.97. The fourth-order valence-electron chi connectivity index (χ4n) is 16.7. The summed E-state index contributed by atoms with van der Waals surface area (Å²) in [6, 6.07) is 9.39. The number of nitrogens with zero attached hydrogens (tertiary/aromatic N) is 3. The molecule has 0 saturated heterocycles. The van der Waals surface area contributed by atoms with E-state index in [1.165, 1.54) is 75.2 Å². The van der Waals surface area contributed by atoms with Gasteiger partial charge in [0.15, 0.2) is 34.2 Å². The van der Waals surface area contributed by atoms with Crippen LogP contribution in [0.4, 0.5) is 0 Å². The number of rotatable bonds is 6. The number of primary amides is 3. The number of nitrogens with two attached hydrogens (primary N) is 3. The molecule has 0 aromatic heterocycles. The van der Waals surface area contributed by atoms with E-state index in [9.17, 15) is 120 Å². The zero-order chi connectivity index (χ0) is 85.9. The number of aliphatic hydroxyl groups is 12. The summed E-state index contributed by atoms with van der Waals surface area (Å²) in [5, 5.41) is 165. The Morgan fingerprint density at radius 1 is 0.398 bits per heavy atom. The zero-order valence-electron chi connectivity index (χ0n) is 60.6. The molecule has 24 N–H and O–H groups in total. The molecule has 12 rings (SSSR count). The molecule has 3 aromatic carbocycles. The van der Waals surface area contributed by atoms with Crippen LogP contribution in [0, 0.1) is 35.5 Å². The summed E-state index contributed by atoms with van der Waals surface area (Å²) in [6.07, 6.45) is -4.77. The summed E-state index contributed by atoms with van der Waals surface area (Å²) < 4.78 is 34.3. The number of carbonyl (C=O) groups is 9. The monoisotopic (exact) mass is 1670 g/mol. The molecule has 0 radical (unpaired) electrons. The number of fused-ring (bicyclic) bond motifs is 9. The van der Waals surface area contributed by atoms with Gasteiger partial charge in [0.25, 0.3) is 26.0 Å². The molecule has 0 aliphatic heterocycles. The van der Waals surface area contributed by atoms with Crippen LogP contribution in [0.15, 0.2) is 105 Å². The third-order valence-electron chi connectivity index (χ3n) is 21.0. The Morgan fingerprint density at radius 3 is 0.735 bits per heavy atom. The first-order valence-electron chi connectivity index (χ1n) is 32.3. The maximum atomic E-state index is 13.7. The van der Waals surface area contributed by atoms with Crippen LogP contribution >= 0.6 is 33.0 Å². The Labute approximate surface area is 663 Å². The fraction of sp³-hybridized carbons (Fsp3) is 0.409. The summed E-state index contributed by atoms with van der Waals surface area (Å²) in [5.74, 6) is -26.6. The standard InChI is InChI=1S/3C22H24N2O8.Na.4HO3P/c3*1-7-8-5-4-6-9(25)11(8)16(26)12-10(7)17(27)14-15(24(2)3)18(28)13(21(23)31)20(30)22(14,32)19(12)29;;4*1-4(2)3/h3*4-7,10,14-15,17,25-27,30,32H,1-3H3,(H2,23,31);;4*(H,1,2,3)/q;;;+1;;;;/p-1/t3*7-,10+,14+,15-,17-,22-;;;;;/m000...../s1. The van der Waals surface area contributed by atoms with E-state index < -0.39 is 260 Å². The van der Waals surface area contributed by atoms with Crippen molar-refractivity contribution in [2.24, 2.45) is 52.7 Å². The molecule has 21 atom stereocenters. The second kappa shape index (κ2) is 35.7. The minimum atomic E-state index is -3.37. The van der Waals surface area contributed by atoms with Gasteiger partial charge in [0.05, 0.1) is 70.9 Å². The SMILES string of the molecule is C[C@H]1c2cccc(O)c2C(O)=C2C(=O)[C@]3(O)C(O)=C(C(N)=O)C(=O)[C@@H](N(C)C)[C@@H]3[C@@H](O)[C@@H]21.C[C@H]1c2cccc(O)c2C(O)=C2C(=O)[C@]3(O)C(O)=C(C(N)=O)C(=O)[C@@H](N(C)C)[C@@H]3[C@@H](O)[C@@H]21.C[C@H]1c2cccc(O)c2C(O)=C2C(=O)[C@]3(O)C(O)=C(C(N)=O)C(=O)[C@@H](N(C)C)[C@@H]3[C@@H](O)[C@@H]21.O=[P+]([O-])O.O=[P+]([O-])O.O=[P+]([O-])O.O=[P+]([O-])[O-].[Na+]. The van der Waals surface area contributed by atoms with E-state index in [4.69, 9.17) is 74.6 Å². The quantitative estimate of drug-likeness (QED) is 0.0619. The van der Waals surface area contributed by atoms with Crippen LogP contribution in [0.5, 0.6) is 17.2 Å². The normalized spacial score (nSPS) is 30.6. The van der Waals surface area contributed by atoms with E-state index in [1.54, 1.807) is 57.2 Å². The first kappa shape index (κ1) is 95.0. The van der Waals surface area contributed by atoms with Gasteiger partial charge in [0.1, 0.15) is 68.5 Å². The number of hydrogen-bond acceptors (Lipinski definition) is 36. The van der Waals surface area contributed by atoms with E-state index in [1.807, 2.05) is 0 Å². The van der Waals surface area contributed by atoms with Gasteiger partial charge in [0.2, 0.25) is 17.3 Å². The number of amides is 3. The number of aromatic hydroxyl groups is 3. The number of phenols is 3. The minimum Gasteiger partial charge on any atom is -0.598 e. The van der Waals surface area contributed by atoms with E-state index in [0.717, 1.165) is 0 Å². The summed E-state index contributed by atoms with van der Waals surface area (Å²) in [5.41, 5.74) is 4.41. The van der Waals surface area contributed by atoms with Crippen molar-refractivity contribution in [3.8, 4) is 17.2 Å².